The average molecular weight is 236 g/mol. The van der Waals surface area contributed by atoms with Gasteiger partial charge in [0.15, 0.2) is 5.69 Å². The van der Waals surface area contributed by atoms with Crippen LogP contribution in [0.25, 0.3) is 0 Å². The maximum atomic E-state index is 12.0. The van der Waals surface area contributed by atoms with E-state index in [1.807, 2.05) is 0 Å². The van der Waals surface area contributed by atoms with Gasteiger partial charge in [-0.25, -0.2) is 4.98 Å². The number of rotatable bonds is 3. The molecule has 0 spiro atoms. The molecule has 1 fully saturated rings. The summed E-state index contributed by atoms with van der Waals surface area (Å²) in [5.41, 5.74) is 0.0907. The fourth-order valence-corrected chi connectivity index (χ4v) is 1.92. The Bertz CT molecular complexity index is 402. The van der Waals surface area contributed by atoms with Crippen molar-refractivity contribution in [2.24, 2.45) is 0 Å². The number of carbonyl (C=O) groups excluding carboxylic acids is 1. The molecule has 1 aromatic rings. The Labute approximate surface area is 100 Å². The van der Waals surface area contributed by atoms with E-state index >= 15 is 0 Å². The summed E-state index contributed by atoms with van der Waals surface area (Å²) in [7, 11) is 1.69. The first-order valence-electron chi connectivity index (χ1n) is 5.69. The summed E-state index contributed by atoms with van der Waals surface area (Å²) >= 11 is 0. The Morgan fingerprint density at radius 3 is 3.18 bits per heavy atom. The van der Waals surface area contributed by atoms with E-state index in [0.29, 0.717) is 6.54 Å². The highest BCUT2D eigenvalue weighted by Crippen LogP contribution is 2.17. The second kappa shape index (κ2) is 5.14. The number of nitrogens with zero attached hydrogens (tertiary/aromatic N) is 2. The van der Waals surface area contributed by atoms with Crippen molar-refractivity contribution in [2.75, 3.05) is 20.2 Å². The Balaban J connectivity index is 2.01. The lowest BCUT2D eigenvalue weighted by atomic mass is 10.2. The number of likely N-dealkylation sites (N-methyl/N-ethyl adjacent to an activating group) is 1. The molecule has 2 rings (SSSR count). The fourth-order valence-electron chi connectivity index (χ4n) is 1.92. The Hall–Kier alpha value is -1.62. The van der Waals surface area contributed by atoms with E-state index in [1.54, 1.807) is 13.1 Å². The summed E-state index contributed by atoms with van der Waals surface area (Å²) < 4.78 is 5.46. The normalized spacial score (nSPS) is 19.2. The molecule has 0 radical (unpaired) electrons. The van der Waals surface area contributed by atoms with Crippen molar-refractivity contribution in [1.82, 2.24) is 9.88 Å². The number of amides is 1. The van der Waals surface area contributed by atoms with Crippen molar-refractivity contribution in [1.29, 1.82) is 0 Å². The third-order valence-corrected chi connectivity index (χ3v) is 2.84. The molecular weight excluding hydrogens is 220 g/mol. The van der Waals surface area contributed by atoms with Gasteiger partial charge in [-0.2, -0.15) is 0 Å². The van der Waals surface area contributed by atoms with Crippen LogP contribution in [0.3, 0.4) is 0 Å². The number of hydrogen-bond donors (Lipinski definition) is 1. The lowest BCUT2D eigenvalue weighted by molar-refractivity contribution is 0.0580. The standard InChI is InChI=1S/C12H16N2O3/c1-14(8-9-4-3-7-17-9)12(16)11-10(15)5-2-6-13-11/h2,5-6,9,15H,3-4,7-8H2,1H3/t9-/m1/s1. The second-order valence-corrected chi connectivity index (χ2v) is 4.19. The minimum absolute atomic E-state index is 0.0864. The van der Waals surface area contributed by atoms with Gasteiger partial charge < -0.3 is 14.7 Å². The number of aromatic hydroxyl groups is 1. The Kier molecular flexibility index (Phi) is 3.58. The van der Waals surface area contributed by atoms with E-state index in [9.17, 15) is 9.90 Å². The smallest absolute Gasteiger partial charge is 0.276 e. The molecule has 1 amide bonds. The van der Waals surface area contributed by atoms with Crippen molar-refractivity contribution < 1.29 is 14.6 Å². The van der Waals surface area contributed by atoms with Gasteiger partial charge in [0.25, 0.3) is 5.91 Å². The highest BCUT2D eigenvalue weighted by atomic mass is 16.5. The van der Waals surface area contributed by atoms with Crippen molar-refractivity contribution in [3.63, 3.8) is 0 Å². The van der Waals surface area contributed by atoms with Crippen LogP contribution in [0.4, 0.5) is 0 Å². The first-order chi connectivity index (χ1) is 8.18. The SMILES string of the molecule is CN(C[C@H]1CCCO1)C(=O)c1ncccc1O. The molecule has 17 heavy (non-hydrogen) atoms. The van der Waals surface area contributed by atoms with Crippen LogP contribution in [0.5, 0.6) is 5.75 Å². The van der Waals surface area contributed by atoms with Crippen LogP contribution < -0.4 is 0 Å². The maximum absolute atomic E-state index is 12.0. The van der Waals surface area contributed by atoms with Gasteiger partial charge in [-0.1, -0.05) is 0 Å². The summed E-state index contributed by atoms with van der Waals surface area (Å²) in [6.45, 7) is 1.30. The van der Waals surface area contributed by atoms with Crippen LogP contribution in [-0.2, 0) is 4.74 Å². The lowest BCUT2D eigenvalue weighted by Gasteiger charge is -2.20. The van der Waals surface area contributed by atoms with Crippen molar-refractivity contribution in [3.05, 3.63) is 24.0 Å². The summed E-state index contributed by atoms with van der Waals surface area (Å²) in [4.78, 5) is 17.4. The molecule has 5 heteroatoms. The zero-order valence-corrected chi connectivity index (χ0v) is 9.80. The molecule has 0 bridgehead atoms. The monoisotopic (exact) mass is 236 g/mol. The average Bonchev–Trinajstić information content (AvgIpc) is 2.81. The quantitative estimate of drug-likeness (QED) is 0.851. The summed E-state index contributed by atoms with van der Waals surface area (Å²) in [5.74, 6) is -0.365. The molecule has 5 nitrogen and oxygen atoms in total. The molecule has 1 saturated heterocycles. The van der Waals surface area contributed by atoms with Crippen molar-refractivity contribution >= 4 is 5.91 Å². The molecule has 0 unspecified atom stereocenters. The first-order valence-corrected chi connectivity index (χ1v) is 5.69. The van der Waals surface area contributed by atoms with Gasteiger partial charge in [-0.05, 0) is 25.0 Å². The van der Waals surface area contributed by atoms with E-state index in [1.165, 1.54) is 17.2 Å². The molecule has 1 aliphatic rings. The molecule has 1 atom stereocenters. The van der Waals surface area contributed by atoms with Crippen LogP contribution in [-0.4, -0.2) is 47.2 Å². The Morgan fingerprint density at radius 1 is 1.71 bits per heavy atom. The predicted molar refractivity (Wildman–Crippen MR) is 61.8 cm³/mol. The van der Waals surface area contributed by atoms with E-state index in [2.05, 4.69) is 4.98 Å². The van der Waals surface area contributed by atoms with E-state index < -0.39 is 0 Å². The molecule has 92 valence electrons. The number of ether oxygens (including phenoxy) is 1. The van der Waals surface area contributed by atoms with Crippen LogP contribution in [0.2, 0.25) is 0 Å². The van der Waals surface area contributed by atoms with Gasteiger partial charge in [0, 0.05) is 26.4 Å². The van der Waals surface area contributed by atoms with Crippen LogP contribution in [0.1, 0.15) is 23.3 Å². The molecule has 1 aromatic heterocycles. The second-order valence-electron chi connectivity index (χ2n) is 4.19. The van der Waals surface area contributed by atoms with Gasteiger partial charge in [0.05, 0.1) is 6.10 Å². The van der Waals surface area contributed by atoms with Crippen LogP contribution in [0.15, 0.2) is 18.3 Å². The molecule has 0 aromatic carbocycles. The van der Waals surface area contributed by atoms with Gasteiger partial charge in [0.2, 0.25) is 0 Å². The topological polar surface area (TPSA) is 62.7 Å². The Morgan fingerprint density at radius 2 is 2.53 bits per heavy atom. The minimum Gasteiger partial charge on any atom is -0.505 e. The van der Waals surface area contributed by atoms with Crippen LogP contribution in [0, 0.1) is 0 Å². The third kappa shape index (κ3) is 2.74. The van der Waals surface area contributed by atoms with Crippen molar-refractivity contribution in [3.8, 4) is 5.75 Å². The number of hydrogen-bond acceptors (Lipinski definition) is 4. The van der Waals surface area contributed by atoms with Gasteiger partial charge >= 0.3 is 0 Å². The molecular formula is C12H16N2O3. The van der Waals surface area contributed by atoms with Crippen LogP contribution >= 0.6 is 0 Å². The number of pyridine rings is 1. The highest BCUT2D eigenvalue weighted by Gasteiger charge is 2.22. The molecule has 1 aliphatic heterocycles. The maximum Gasteiger partial charge on any atom is 0.276 e. The van der Waals surface area contributed by atoms with Gasteiger partial charge in [0.1, 0.15) is 5.75 Å². The molecule has 0 saturated carbocycles. The van der Waals surface area contributed by atoms with Gasteiger partial charge in [-0.3, -0.25) is 4.79 Å². The number of aromatic nitrogens is 1. The van der Waals surface area contributed by atoms with E-state index in [-0.39, 0.29) is 23.5 Å². The zero-order chi connectivity index (χ0) is 12.3. The molecule has 1 N–H and O–H groups in total. The third-order valence-electron chi connectivity index (χ3n) is 2.84. The summed E-state index contributed by atoms with van der Waals surface area (Å²) in [6.07, 6.45) is 3.62. The predicted octanol–water partition coefficient (Wildman–Crippen LogP) is 1.04. The summed E-state index contributed by atoms with van der Waals surface area (Å²) in [6, 6.07) is 3.05. The lowest BCUT2D eigenvalue weighted by Crippen LogP contribution is -2.34. The fraction of sp³-hybridized carbons (Fsp3) is 0.500. The highest BCUT2D eigenvalue weighted by molar-refractivity contribution is 5.94. The zero-order valence-electron chi connectivity index (χ0n) is 9.80. The molecule has 0 aliphatic carbocycles. The molecule has 2 heterocycles. The number of carbonyl (C=O) groups is 1. The largest absolute Gasteiger partial charge is 0.505 e. The first kappa shape index (κ1) is 11.9. The van der Waals surface area contributed by atoms with Crippen molar-refractivity contribution in [2.45, 2.75) is 18.9 Å². The van der Waals surface area contributed by atoms with E-state index in [4.69, 9.17) is 4.74 Å². The van der Waals surface area contributed by atoms with Gasteiger partial charge in [-0.15, -0.1) is 0 Å². The minimum atomic E-state index is -0.279. The van der Waals surface area contributed by atoms with E-state index in [0.717, 1.165) is 19.4 Å². The summed E-state index contributed by atoms with van der Waals surface area (Å²) in [5, 5.41) is 9.55.